The molecule has 0 spiro atoms. The predicted molar refractivity (Wildman–Crippen MR) is 28.0 cm³/mol. The third-order valence-corrected chi connectivity index (χ3v) is 0.307. The molecule has 0 radical (unpaired) electrons. The summed E-state index contributed by atoms with van der Waals surface area (Å²) in [5, 5.41) is 0. The van der Waals surface area contributed by atoms with Crippen LogP contribution < -0.4 is 0 Å². The van der Waals surface area contributed by atoms with Gasteiger partial charge in [-0.2, -0.15) is 0 Å². The van der Waals surface area contributed by atoms with E-state index in [9.17, 15) is 18.6 Å². The Kier molecular flexibility index (Phi) is 9.36. The molecule has 0 saturated heterocycles. The first kappa shape index (κ1) is 13.7. The highest BCUT2D eigenvalue weighted by Gasteiger charge is 2.18. The summed E-state index contributed by atoms with van der Waals surface area (Å²) in [5.41, 5.74) is 0. The van der Waals surface area contributed by atoms with E-state index in [1.807, 2.05) is 0 Å². The lowest BCUT2D eigenvalue weighted by atomic mass is 10.7. The molecule has 0 aliphatic carbocycles. The van der Waals surface area contributed by atoms with E-state index in [2.05, 4.69) is 9.88 Å². The Balaban J connectivity index is 0. The van der Waals surface area contributed by atoms with Crippen LogP contribution in [-0.2, 0) is 19.5 Å². The van der Waals surface area contributed by atoms with Gasteiger partial charge in [0.15, 0.2) is 0 Å². The molecule has 0 rings (SSSR count). The van der Waals surface area contributed by atoms with E-state index >= 15 is 0 Å². The molecule has 3 N–H and O–H groups in total. The van der Waals surface area contributed by atoms with E-state index in [0.29, 0.717) is 0 Å². The molecule has 0 atom stereocenters. The maximum absolute atomic E-state index is 10.5. The fourth-order valence-electron chi connectivity index (χ4n) is 0.0630. The molecule has 12 heavy (non-hydrogen) atoms. The van der Waals surface area contributed by atoms with Crippen molar-refractivity contribution in [2.75, 3.05) is 0 Å². The largest absolute Gasteiger partial charge is 0.459 e. The van der Waals surface area contributed by atoms with Crippen molar-refractivity contribution in [2.45, 2.75) is 0 Å². The van der Waals surface area contributed by atoms with Crippen molar-refractivity contribution in [1.29, 1.82) is 0 Å². The second-order valence-corrected chi connectivity index (χ2v) is 1.53. The monoisotopic (exact) mass is 208 g/mol. The Bertz CT molecular complexity index is 132. The van der Waals surface area contributed by atoms with Gasteiger partial charge in [0.25, 0.3) is 0 Å². The SMILES string of the molecule is O=C(OF)C(=O)OF.OP(O)O. The molecule has 0 aromatic heterocycles. The van der Waals surface area contributed by atoms with Gasteiger partial charge in [-0.1, -0.05) is 0 Å². The van der Waals surface area contributed by atoms with Crippen LogP contribution in [0.15, 0.2) is 0 Å². The van der Waals surface area contributed by atoms with E-state index in [-0.39, 0.29) is 0 Å². The van der Waals surface area contributed by atoms with Crippen LogP contribution in [0.4, 0.5) is 9.05 Å². The Morgan fingerprint density at radius 1 is 1.00 bits per heavy atom. The van der Waals surface area contributed by atoms with Gasteiger partial charge < -0.3 is 14.7 Å². The highest BCUT2D eigenvalue weighted by atomic mass is 31.2. The summed E-state index contributed by atoms with van der Waals surface area (Å²) in [7, 11) is -2.62. The third kappa shape index (κ3) is 11.9. The first-order valence-corrected chi connectivity index (χ1v) is 3.18. The third-order valence-electron chi connectivity index (χ3n) is 0.307. The van der Waals surface area contributed by atoms with Crippen LogP contribution in [0.25, 0.3) is 0 Å². The average molecular weight is 208 g/mol. The van der Waals surface area contributed by atoms with Crippen LogP contribution in [-0.4, -0.2) is 26.6 Å². The molecule has 0 unspecified atom stereocenters. The number of hydrogen-bond acceptors (Lipinski definition) is 7. The zero-order valence-corrected chi connectivity index (χ0v) is 6.07. The van der Waals surface area contributed by atoms with Gasteiger partial charge >= 0.3 is 20.5 Å². The molecule has 0 amide bonds. The second kappa shape index (κ2) is 8.21. The van der Waals surface area contributed by atoms with E-state index in [0.717, 1.165) is 0 Å². The van der Waals surface area contributed by atoms with E-state index in [1.165, 1.54) is 0 Å². The summed E-state index contributed by atoms with van der Waals surface area (Å²) in [5.74, 6) is -4.04. The van der Waals surface area contributed by atoms with Crippen LogP contribution in [0.5, 0.6) is 0 Å². The lowest BCUT2D eigenvalue weighted by molar-refractivity contribution is -0.212. The molecular formula is C2H3F2O7P. The fraction of sp³-hybridized carbons (Fsp3) is 0. The lowest BCUT2D eigenvalue weighted by Crippen LogP contribution is -2.13. The van der Waals surface area contributed by atoms with E-state index < -0.39 is 20.5 Å². The molecule has 72 valence electrons. The van der Waals surface area contributed by atoms with Gasteiger partial charge in [-0.15, -0.1) is 0 Å². The Morgan fingerprint density at radius 3 is 1.25 bits per heavy atom. The average Bonchev–Trinajstić information content (AvgIpc) is 2.00. The number of carbonyl (C=O) groups excluding carboxylic acids is 2. The summed E-state index contributed by atoms with van der Waals surface area (Å²) in [6.07, 6.45) is 0. The topological polar surface area (TPSA) is 113 Å². The van der Waals surface area contributed by atoms with Crippen LogP contribution in [0.3, 0.4) is 0 Å². The van der Waals surface area contributed by atoms with Crippen LogP contribution in [0, 0.1) is 0 Å². The Hall–Kier alpha value is -0.890. The van der Waals surface area contributed by atoms with Crippen molar-refractivity contribution < 1.29 is 43.2 Å². The van der Waals surface area contributed by atoms with Gasteiger partial charge in [0.1, 0.15) is 0 Å². The molecule has 0 aromatic rings. The molecule has 0 bridgehead atoms. The first-order valence-electron chi connectivity index (χ1n) is 1.98. The maximum Gasteiger partial charge on any atom is 0.459 e. The van der Waals surface area contributed by atoms with Crippen molar-refractivity contribution in [1.82, 2.24) is 0 Å². The molecule has 0 aliphatic rings. The van der Waals surface area contributed by atoms with Gasteiger partial charge in [0.2, 0.25) is 0 Å². The summed E-state index contributed by atoms with van der Waals surface area (Å²) in [6, 6.07) is 0. The molecule has 0 aromatic carbocycles. The fourth-order valence-corrected chi connectivity index (χ4v) is 0.0630. The summed E-state index contributed by atoms with van der Waals surface area (Å²) < 4.78 is 21.0. The zero-order chi connectivity index (χ0) is 10.1. The van der Waals surface area contributed by atoms with Crippen molar-refractivity contribution in [2.24, 2.45) is 0 Å². The lowest BCUT2D eigenvalue weighted by Gasteiger charge is -1.82. The predicted octanol–water partition coefficient (Wildman–Crippen LogP) is -0.968. The van der Waals surface area contributed by atoms with Crippen molar-refractivity contribution in [3.63, 3.8) is 0 Å². The molecule has 0 heterocycles. The normalized spacial score (nSPS) is 8.17. The zero-order valence-electron chi connectivity index (χ0n) is 5.18. The second-order valence-electron chi connectivity index (χ2n) is 0.998. The molecule has 0 aliphatic heterocycles. The number of rotatable bonds is 0. The molecule has 0 fully saturated rings. The highest BCUT2D eigenvalue weighted by Crippen LogP contribution is 2.11. The summed E-state index contributed by atoms with van der Waals surface area (Å²) in [6.45, 7) is 0. The van der Waals surface area contributed by atoms with E-state index in [1.54, 1.807) is 0 Å². The smallest absolute Gasteiger partial charge is 0.328 e. The number of halogens is 2. The minimum Gasteiger partial charge on any atom is -0.328 e. The quantitative estimate of drug-likeness (QED) is 0.346. The van der Waals surface area contributed by atoms with Gasteiger partial charge in [-0.25, -0.2) is 19.5 Å². The summed E-state index contributed by atoms with van der Waals surface area (Å²) >= 11 is 0. The Morgan fingerprint density at radius 2 is 1.17 bits per heavy atom. The standard InChI is InChI=1S/C2F2O4.H3O3P/c3-7-1(5)2(6)8-4;1-4(2)3/h;1-3H. The van der Waals surface area contributed by atoms with Crippen LogP contribution in [0.2, 0.25) is 0 Å². The van der Waals surface area contributed by atoms with Gasteiger partial charge in [0, 0.05) is 9.05 Å². The molecule has 10 heteroatoms. The molecule has 0 saturated carbocycles. The Labute approximate surface area is 64.9 Å². The minimum absolute atomic E-state index is 2.02. The van der Waals surface area contributed by atoms with Gasteiger partial charge in [-0.3, -0.25) is 0 Å². The van der Waals surface area contributed by atoms with Crippen LogP contribution >= 0.6 is 8.60 Å². The summed E-state index contributed by atoms with van der Waals surface area (Å²) in [4.78, 5) is 45.1. The minimum atomic E-state index is -2.62. The van der Waals surface area contributed by atoms with Gasteiger partial charge in [-0.05, 0) is 0 Å². The van der Waals surface area contributed by atoms with Gasteiger partial charge in [0.05, 0.1) is 0 Å². The maximum atomic E-state index is 10.5. The number of hydrogen-bond donors (Lipinski definition) is 3. The van der Waals surface area contributed by atoms with E-state index in [4.69, 9.17) is 14.7 Å². The molecular weight excluding hydrogens is 205 g/mol. The molecule has 7 nitrogen and oxygen atoms in total. The highest BCUT2D eigenvalue weighted by molar-refractivity contribution is 7.38. The van der Waals surface area contributed by atoms with Crippen molar-refractivity contribution in [3.8, 4) is 0 Å². The first-order chi connectivity index (χ1) is 5.45. The number of carbonyl (C=O) groups is 2. The van der Waals surface area contributed by atoms with Crippen molar-refractivity contribution in [3.05, 3.63) is 0 Å². The van der Waals surface area contributed by atoms with Crippen molar-refractivity contribution >= 4 is 20.5 Å². The van der Waals surface area contributed by atoms with Crippen LogP contribution in [0.1, 0.15) is 0 Å².